The van der Waals surface area contributed by atoms with Crippen LogP contribution in [0.2, 0.25) is 0 Å². The number of hydrogen-bond donors (Lipinski definition) is 16. The highest BCUT2D eigenvalue weighted by Crippen LogP contribution is 2.30. The third-order valence-electron chi connectivity index (χ3n) is 21.4. The summed E-state index contributed by atoms with van der Waals surface area (Å²) >= 11 is 0. The van der Waals surface area contributed by atoms with Crippen LogP contribution in [0.25, 0.3) is 0 Å². The first-order valence-corrected chi connectivity index (χ1v) is 42.9. The van der Waals surface area contributed by atoms with Gasteiger partial charge in [-0.2, -0.15) is 0 Å². The molecule has 3 heterocycles. The molecule has 20 N–H and O–H groups in total. The van der Waals surface area contributed by atoms with Crippen LogP contribution in [-0.4, -0.2) is 218 Å². The molecule has 120 heavy (non-hydrogen) atoms. The molecule has 3 aliphatic rings. The first kappa shape index (κ1) is 99.3. The van der Waals surface area contributed by atoms with E-state index < -0.39 is 191 Å². The molecule has 0 saturated carbocycles. The largest absolute Gasteiger partial charge is 0.368 e. The highest BCUT2D eigenvalue weighted by atomic mass is 16.6. The van der Waals surface area contributed by atoms with Gasteiger partial charge in [0, 0.05) is 19.5 Å². The molecule has 33 heteroatoms. The van der Waals surface area contributed by atoms with Crippen molar-refractivity contribution in [2.24, 2.45) is 58.4 Å². The Balaban J connectivity index is 1.44. The molecule has 0 aromatic heterocycles. The van der Waals surface area contributed by atoms with Crippen molar-refractivity contribution in [3.8, 4) is 0 Å². The number of nitrogens with one attached hydrogen (secondary N) is 12. The number of fused-ring (bicyclic) bond motifs is 3. The molecule has 2 bridgehead atoms. The van der Waals surface area contributed by atoms with Crippen molar-refractivity contribution in [1.29, 1.82) is 0 Å². The average Bonchev–Trinajstić information content (AvgIpc) is 1.64. The number of ether oxygens (including phenoxy) is 3. The van der Waals surface area contributed by atoms with Crippen molar-refractivity contribution >= 4 is 76.8 Å². The highest BCUT2D eigenvalue weighted by molar-refractivity contribution is 6.00. The lowest BCUT2D eigenvalue weighted by atomic mass is 9.99. The first-order chi connectivity index (χ1) is 57.2. The van der Waals surface area contributed by atoms with Crippen molar-refractivity contribution in [3.05, 3.63) is 108 Å². The summed E-state index contributed by atoms with van der Waals surface area (Å²) in [5.41, 5.74) is 26.2. The zero-order valence-corrected chi connectivity index (χ0v) is 72.2. The molecule has 0 aliphatic carbocycles. The zero-order chi connectivity index (χ0) is 88.3. The van der Waals surface area contributed by atoms with Gasteiger partial charge in [0.05, 0.1) is 13.2 Å². The smallest absolute Gasteiger partial charge is 0.252 e. The fraction of sp³-hybridized carbons (Fsp3) is 0.644. The molecule has 0 radical (unpaired) electrons. The van der Waals surface area contributed by atoms with Crippen molar-refractivity contribution in [3.63, 3.8) is 0 Å². The van der Waals surface area contributed by atoms with E-state index in [0.717, 1.165) is 11.1 Å². The van der Waals surface area contributed by atoms with Gasteiger partial charge in [0.2, 0.25) is 70.9 Å². The molecule has 16 atom stereocenters. The van der Waals surface area contributed by atoms with E-state index in [2.05, 4.69) is 63.8 Å². The van der Waals surface area contributed by atoms with Crippen LogP contribution in [0.4, 0.5) is 0 Å². The van der Waals surface area contributed by atoms with E-state index >= 15 is 14.4 Å². The predicted molar refractivity (Wildman–Crippen MR) is 454 cm³/mol. The number of rotatable bonds is 29. The van der Waals surface area contributed by atoms with E-state index in [1.54, 1.807) is 71.9 Å². The second-order valence-electron chi connectivity index (χ2n) is 34.0. The molecule has 33 nitrogen and oxygen atoms in total. The second-order valence-corrected chi connectivity index (χ2v) is 34.0. The minimum Gasteiger partial charge on any atom is -0.368 e. The Morgan fingerprint density at radius 1 is 0.367 bits per heavy atom. The lowest BCUT2D eigenvalue weighted by Crippen LogP contribution is -2.62. The van der Waals surface area contributed by atoms with E-state index in [4.69, 9.17) is 37.1 Å². The van der Waals surface area contributed by atoms with Crippen molar-refractivity contribution in [2.75, 3.05) is 39.3 Å². The summed E-state index contributed by atoms with van der Waals surface area (Å²) < 4.78 is 20.1. The van der Waals surface area contributed by atoms with Crippen LogP contribution < -0.4 is 86.7 Å². The number of nitrogens with two attached hydrogens (primary N) is 4. The van der Waals surface area contributed by atoms with Crippen LogP contribution in [0.1, 0.15) is 183 Å². The van der Waals surface area contributed by atoms with Crippen LogP contribution >= 0.6 is 0 Å². The summed E-state index contributed by atoms with van der Waals surface area (Å²) in [6.07, 6.45) is -3.50. The molecular weight excluding hydrogens is 1540 g/mol. The maximum absolute atomic E-state index is 15.3. The zero-order valence-electron chi connectivity index (χ0n) is 72.2. The van der Waals surface area contributed by atoms with E-state index in [-0.39, 0.29) is 154 Å². The van der Waals surface area contributed by atoms with E-state index in [1.807, 2.05) is 102 Å². The molecule has 0 unspecified atom stereocenters. The van der Waals surface area contributed by atoms with E-state index in [1.165, 1.54) is 4.90 Å². The normalized spacial score (nSPS) is 26.6. The molecular formula is C87H137N17O16. The summed E-state index contributed by atoms with van der Waals surface area (Å²) in [6, 6.07) is 11.6. The quantitative estimate of drug-likeness (QED) is 0.0470. The van der Waals surface area contributed by atoms with Crippen LogP contribution in [0.3, 0.4) is 0 Å². The number of carbonyl (C=O) groups is 13. The Hall–Kier alpha value is -9.51. The van der Waals surface area contributed by atoms with Crippen LogP contribution in [0.5, 0.6) is 0 Å². The van der Waals surface area contributed by atoms with Gasteiger partial charge in [-0.25, -0.2) is 0 Å². The summed E-state index contributed by atoms with van der Waals surface area (Å²) in [7, 11) is 0. The van der Waals surface area contributed by atoms with Crippen molar-refractivity contribution < 1.29 is 76.5 Å². The van der Waals surface area contributed by atoms with Crippen LogP contribution in [0.15, 0.2) is 91.0 Å². The number of amides is 13. The Morgan fingerprint density at radius 3 is 1.06 bits per heavy atom. The monoisotopic (exact) mass is 1680 g/mol. The SMILES string of the molecule is CC(C)C[C@@H]1NC(=O)[C@H](CCCN)NC(=O)[C@H](C(C)C)NC(=O)[C@@H]2CCCN2C(=O)[C@@H](Cc2ccccc2)NC(=O)[C@H](CC(C)C)NC(=O)[C@H](CCCN)NC(=O)[C@H](C(C)C)NC(=O)[C@H](CCCN)NC(=O)[C@H](CC(C)C)NC(=O)[C@@H]2O[C@H](CNC(=O)[C@H](C(C)C)NC(=O)[C@@H](CCCN)NC1=O)[C@@H](OCc1ccccc1)[C@@H]2OCc1ccccc1. The van der Waals surface area contributed by atoms with Gasteiger partial charge in [0.1, 0.15) is 90.8 Å². The highest BCUT2D eigenvalue weighted by Gasteiger charge is 2.51. The van der Waals surface area contributed by atoms with Gasteiger partial charge in [-0.1, -0.05) is 174 Å². The number of carbonyl (C=O) groups excluding carboxylic acids is 13. The number of benzene rings is 3. The maximum Gasteiger partial charge on any atom is 0.252 e. The molecule has 3 aromatic carbocycles. The third-order valence-corrected chi connectivity index (χ3v) is 21.4. The predicted octanol–water partition coefficient (Wildman–Crippen LogP) is 1.68. The summed E-state index contributed by atoms with van der Waals surface area (Å²) in [5.74, 6) is -12.2. The first-order valence-electron chi connectivity index (χ1n) is 42.9. The molecule has 6 rings (SSSR count). The van der Waals surface area contributed by atoms with Gasteiger partial charge in [0.15, 0.2) is 6.10 Å². The van der Waals surface area contributed by atoms with Gasteiger partial charge < -0.3 is 106 Å². The van der Waals surface area contributed by atoms with Gasteiger partial charge in [-0.15, -0.1) is 0 Å². The van der Waals surface area contributed by atoms with Gasteiger partial charge in [-0.05, 0) is 162 Å². The topological polar surface area (TPSA) is 501 Å². The summed E-state index contributed by atoms with van der Waals surface area (Å²) in [5, 5.41) is 34.1. The molecule has 3 aromatic rings. The van der Waals surface area contributed by atoms with E-state index in [9.17, 15) is 47.9 Å². The lowest BCUT2D eigenvalue weighted by Gasteiger charge is -2.32. The molecule has 3 fully saturated rings. The fourth-order valence-electron chi connectivity index (χ4n) is 14.9. The third kappa shape index (κ3) is 31.5. The number of hydrogen-bond acceptors (Lipinski definition) is 20. The average molecular weight is 1680 g/mol. The van der Waals surface area contributed by atoms with Gasteiger partial charge in [0.25, 0.3) is 5.91 Å². The molecule has 666 valence electrons. The second kappa shape index (κ2) is 50.7. The molecule has 3 saturated heterocycles. The Morgan fingerprint density at radius 2 is 0.683 bits per heavy atom. The maximum atomic E-state index is 15.3. The Labute approximate surface area is 707 Å². The Bertz CT molecular complexity index is 3780. The summed E-state index contributed by atoms with van der Waals surface area (Å²) in [6.45, 7) is 21.2. The standard InChI is InChI=1S/C87H137N17O16/c1-50(2)43-63-79(109)93-61(35-24-40-90)77(107)101-69(53(7)8)83(113)92-47-68-72(118-48-57-29-18-14-19-30-57)73(119-49-58-31-20-15-21-32-58)74(120-68)86(116)99-65(45-52(5)6)80(110)94-62(36-25-41-91)78(108)102-70(54(9)10)84(114)95-59(33-22-38-88)76(106)98-64(44-51(3)4)81(111)100-66(46-56-27-16-13-17-28-56)87(117)104-42-26-37-67(104)82(112)103-71(55(11)12)85(115)96-60(34-23-39-89)75(105)97-63/h13-21,27-32,50-55,59-74H,22-26,33-49,88-91H2,1-12H3,(H,92,113)(H,93,109)(H,94,110)(H,95,114)(H,96,115)(H,97,105)(H,98,106)(H,99,116)(H,100,111)(H,101,107)(H,102,108)(H,103,112)/t59-,60-,61+,62-,63-,64-,65-,66+,67-,68+,69-,70-,71-,72+,73-,74+/m0/s1. The lowest BCUT2D eigenvalue weighted by molar-refractivity contribution is -0.143. The van der Waals surface area contributed by atoms with Gasteiger partial charge in [-0.3, -0.25) is 62.3 Å². The minimum atomic E-state index is -1.53. The molecule has 3 aliphatic heterocycles. The molecule has 0 spiro atoms. The molecule has 13 amide bonds. The fourth-order valence-corrected chi connectivity index (χ4v) is 14.9. The van der Waals surface area contributed by atoms with Crippen molar-refractivity contribution in [1.82, 2.24) is 68.7 Å². The van der Waals surface area contributed by atoms with Gasteiger partial charge >= 0.3 is 0 Å². The number of nitrogens with zero attached hydrogens (tertiary/aromatic N) is 1. The van der Waals surface area contributed by atoms with Crippen molar-refractivity contribution in [2.45, 2.75) is 283 Å². The van der Waals surface area contributed by atoms with Crippen LogP contribution in [0, 0.1) is 35.5 Å². The van der Waals surface area contributed by atoms with Crippen LogP contribution in [-0.2, 0) is 96.2 Å². The van der Waals surface area contributed by atoms with E-state index in [0.29, 0.717) is 12.0 Å². The summed E-state index contributed by atoms with van der Waals surface area (Å²) in [4.78, 5) is 195. The Kier molecular flexibility index (Phi) is 41.9. The minimum absolute atomic E-state index is 0.00141.